The molecule has 0 spiro atoms. The van der Waals surface area contributed by atoms with Crippen LogP contribution < -0.4 is 0 Å². The highest BCUT2D eigenvalue weighted by atomic mass is 16.3. The van der Waals surface area contributed by atoms with Crippen LogP contribution >= 0.6 is 0 Å². The van der Waals surface area contributed by atoms with Crippen molar-refractivity contribution in [3.63, 3.8) is 0 Å². The minimum Gasteiger partial charge on any atom is -0.508 e. The first-order chi connectivity index (χ1) is 6.13. The molecule has 70 valence electrons. The number of phenols is 1. The summed E-state index contributed by atoms with van der Waals surface area (Å²) in [6, 6.07) is 4.83. The van der Waals surface area contributed by atoms with Crippen LogP contribution in [0.1, 0.15) is 15.9 Å². The Morgan fingerprint density at radius 2 is 2.15 bits per heavy atom. The van der Waals surface area contributed by atoms with E-state index >= 15 is 0 Å². The summed E-state index contributed by atoms with van der Waals surface area (Å²) in [5, 5.41) is 9.13. The molecule has 1 aromatic rings. The standard InChI is InChI=1S/C10H13NO2/c1-11(2)6-8-3-4-10(13)5-9(8)7-12/h3-5,7,13H,6H2,1-2H3. The van der Waals surface area contributed by atoms with Crippen molar-refractivity contribution >= 4 is 6.29 Å². The Labute approximate surface area is 77.6 Å². The molecule has 0 aliphatic heterocycles. The van der Waals surface area contributed by atoms with Crippen LogP contribution in [0.2, 0.25) is 0 Å². The lowest BCUT2D eigenvalue weighted by atomic mass is 10.1. The summed E-state index contributed by atoms with van der Waals surface area (Å²) < 4.78 is 0. The van der Waals surface area contributed by atoms with Crippen LogP contribution in [0.15, 0.2) is 18.2 Å². The van der Waals surface area contributed by atoms with Crippen molar-refractivity contribution in [1.82, 2.24) is 4.90 Å². The first kappa shape index (κ1) is 9.74. The third kappa shape index (κ3) is 2.56. The van der Waals surface area contributed by atoms with Gasteiger partial charge in [0, 0.05) is 12.1 Å². The van der Waals surface area contributed by atoms with Gasteiger partial charge in [0.25, 0.3) is 0 Å². The van der Waals surface area contributed by atoms with Gasteiger partial charge in [0.05, 0.1) is 0 Å². The van der Waals surface area contributed by atoms with E-state index in [0.29, 0.717) is 12.1 Å². The maximum absolute atomic E-state index is 10.6. The Kier molecular flexibility index (Phi) is 3.03. The van der Waals surface area contributed by atoms with Gasteiger partial charge < -0.3 is 10.0 Å². The molecular formula is C10H13NO2. The molecule has 0 unspecified atom stereocenters. The average molecular weight is 179 g/mol. The second-order valence-corrected chi connectivity index (χ2v) is 3.24. The number of carbonyl (C=O) groups excluding carboxylic acids is 1. The van der Waals surface area contributed by atoms with Crippen molar-refractivity contribution in [2.75, 3.05) is 14.1 Å². The quantitative estimate of drug-likeness (QED) is 0.710. The highest BCUT2D eigenvalue weighted by Gasteiger charge is 2.03. The summed E-state index contributed by atoms with van der Waals surface area (Å²) in [5.41, 5.74) is 1.48. The molecule has 0 saturated heterocycles. The van der Waals surface area contributed by atoms with E-state index in [0.717, 1.165) is 11.8 Å². The number of phenolic OH excluding ortho intramolecular Hbond substituents is 1. The molecule has 0 aliphatic carbocycles. The SMILES string of the molecule is CN(C)Cc1ccc(O)cc1C=O. The van der Waals surface area contributed by atoms with Gasteiger partial charge in [-0.05, 0) is 31.8 Å². The van der Waals surface area contributed by atoms with Gasteiger partial charge in [-0.3, -0.25) is 4.79 Å². The monoisotopic (exact) mass is 179 g/mol. The van der Waals surface area contributed by atoms with Crippen LogP contribution in [0.4, 0.5) is 0 Å². The Morgan fingerprint density at radius 3 is 2.69 bits per heavy atom. The summed E-state index contributed by atoms with van der Waals surface area (Å²) in [6.45, 7) is 0.703. The van der Waals surface area contributed by atoms with Gasteiger partial charge in [0.2, 0.25) is 0 Å². The zero-order valence-corrected chi connectivity index (χ0v) is 7.82. The molecule has 1 N–H and O–H groups in total. The summed E-state index contributed by atoms with van der Waals surface area (Å²) in [4.78, 5) is 12.6. The minimum atomic E-state index is 0.129. The van der Waals surface area contributed by atoms with Crippen LogP contribution in [0.25, 0.3) is 0 Å². The molecule has 0 bridgehead atoms. The van der Waals surface area contributed by atoms with Crippen LogP contribution in [0, 0.1) is 0 Å². The lowest BCUT2D eigenvalue weighted by Crippen LogP contribution is -2.12. The number of nitrogens with zero attached hydrogens (tertiary/aromatic N) is 1. The fourth-order valence-corrected chi connectivity index (χ4v) is 1.18. The highest BCUT2D eigenvalue weighted by molar-refractivity contribution is 5.78. The average Bonchev–Trinajstić information content (AvgIpc) is 2.07. The number of benzene rings is 1. The molecular weight excluding hydrogens is 166 g/mol. The topological polar surface area (TPSA) is 40.5 Å². The Balaban J connectivity index is 2.99. The van der Waals surface area contributed by atoms with E-state index in [1.54, 1.807) is 12.1 Å². The Bertz CT molecular complexity index is 308. The lowest BCUT2D eigenvalue weighted by Gasteiger charge is -2.11. The van der Waals surface area contributed by atoms with Gasteiger partial charge in [0.1, 0.15) is 5.75 Å². The molecule has 3 nitrogen and oxygen atoms in total. The van der Waals surface area contributed by atoms with Gasteiger partial charge in [-0.1, -0.05) is 6.07 Å². The van der Waals surface area contributed by atoms with Crippen molar-refractivity contribution in [3.8, 4) is 5.75 Å². The summed E-state index contributed by atoms with van der Waals surface area (Å²) in [7, 11) is 3.86. The number of aldehydes is 1. The van der Waals surface area contributed by atoms with E-state index in [9.17, 15) is 4.79 Å². The molecule has 0 heterocycles. The van der Waals surface area contributed by atoms with E-state index < -0.39 is 0 Å². The lowest BCUT2D eigenvalue weighted by molar-refractivity contribution is 0.112. The number of aromatic hydroxyl groups is 1. The molecule has 0 fully saturated rings. The normalized spacial score (nSPS) is 10.4. The van der Waals surface area contributed by atoms with Crippen LogP contribution in [-0.4, -0.2) is 30.4 Å². The number of carbonyl (C=O) groups is 1. The zero-order valence-electron chi connectivity index (χ0n) is 7.82. The molecule has 0 radical (unpaired) electrons. The maximum Gasteiger partial charge on any atom is 0.150 e. The van der Waals surface area contributed by atoms with Crippen molar-refractivity contribution in [2.45, 2.75) is 6.54 Å². The van der Waals surface area contributed by atoms with Gasteiger partial charge in [-0.25, -0.2) is 0 Å². The second-order valence-electron chi connectivity index (χ2n) is 3.24. The van der Waals surface area contributed by atoms with Crippen LogP contribution in [-0.2, 0) is 6.54 Å². The third-order valence-electron chi connectivity index (χ3n) is 1.74. The van der Waals surface area contributed by atoms with Gasteiger partial charge in [0.15, 0.2) is 6.29 Å². The predicted octanol–water partition coefficient (Wildman–Crippen LogP) is 1.27. The largest absolute Gasteiger partial charge is 0.508 e. The van der Waals surface area contributed by atoms with Crippen molar-refractivity contribution < 1.29 is 9.90 Å². The van der Waals surface area contributed by atoms with Crippen molar-refractivity contribution in [3.05, 3.63) is 29.3 Å². The summed E-state index contributed by atoms with van der Waals surface area (Å²) in [6.07, 6.45) is 0.762. The van der Waals surface area contributed by atoms with Gasteiger partial charge in [-0.15, -0.1) is 0 Å². The van der Waals surface area contributed by atoms with Crippen molar-refractivity contribution in [1.29, 1.82) is 0 Å². The van der Waals surface area contributed by atoms with Crippen LogP contribution in [0.5, 0.6) is 5.75 Å². The Hall–Kier alpha value is -1.35. The zero-order chi connectivity index (χ0) is 9.84. The van der Waals surface area contributed by atoms with E-state index in [1.165, 1.54) is 6.07 Å². The molecule has 1 aromatic carbocycles. The fourth-order valence-electron chi connectivity index (χ4n) is 1.18. The van der Waals surface area contributed by atoms with E-state index in [4.69, 9.17) is 5.11 Å². The van der Waals surface area contributed by atoms with E-state index in [1.807, 2.05) is 19.0 Å². The van der Waals surface area contributed by atoms with E-state index in [-0.39, 0.29) is 5.75 Å². The van der Waals surface area contributed by atoms with Crippen molar-refractivity contribution in [2.24, 2.45) is 0 Å². The third-order valence-corrected chi connectivity index (χ3v) is 1.74. The summed E-state index contributed by atoms with van der Waals surface area (Å²) in [5.74, 6) is 0.129. The second kappa shape index (κ2) is 4.05. The molecule has 0 saturated carbocycles. The number of hydrogen-bond acceptors (Lipinski definition) is 3. The first-order valence-electron chi connectivity index (χ1n) is 4.05. The molecule has 1 rings (SSSR count). The molecule has 0 aromatic heterocycles. The maximum atomic E-state index is 10.6. The van der Waals surface area contributed by atoms with Gasteiger partial charge >= 0.3 is 0 Å². The molecule has 0 amide bonds. The van der Waals surface area contributed by atoms with Gasteiger partial charge in [-0.2, -0.15) is 0 Å². The summed E-state index contributed by atoms with van der Waals surface area (Å²) >= 11 is 0. The number of rotatable bonds is 3. The number of hydrogen-bond donors (Lipinski definition) is 1. The molecule has 0 aliphatic rings. The molecule has 3 heteroatoms. The smallest absolute Gasteiger partial charge is 0.150 e. The first-order valence-corrected chi connectivity index (χ1v) is 4.05. The molecule has 0 atom stereocenters. The van der Waals surface area contributed by atoms with E-state index in [2.05, 4.69) is 0 Å². The fraction of sp³-hybridized carbons (Fsp3) is 0.300. The Morgan fingerprint density at radius 1 is 1.46 bits per heavy atom. The molecule has 13 heavy (non-hydrogen) atoms. The highest BCUT2D eigenvalue weighted by Crippen LogP contribution is 2.15. The minimum absolute atomic E-state index is 0.129. The van der Waals surface area contributed by atoms with Crippen LogP contribution in [0.3, 0.4) is 0 Å². The predicted molar refractivity (Wildman–Crippen MR) is 50.9 cm³/mol.